The van der Waals surface area contributed by atoms with E-state index in [0.29, 0.717) is 40.1 Å². The van der Waals surface area contributed by atoms with Crippen LogP contribution in [0.4, 0.5) is 13.6 Å². The fourth-order valence-corrected chi connectivity index (χ4v) is 4.18. The largest absolute Gasteiger partial charge is 0.484 e. The van der Waals surface area contributed by atoms with Crippen molar-refractivity contribution in [2.75, 3.05) is 33.3 Å². The standard InChI is InChI=1S/C28H36F2N2O6/c1-17-7-8-19(13-22(17)29)24(37-23-11-18(2)21(26(34)36-6)12-20(23)16-33)14-31-9-10-32(25(30)15-31)27(35)38-28(3,4)5/h7-8,11-13,24-25,33H,9-10,14-16H2,1-6H3/t24-,25+/m1/s1. The Kier molecular flexibility index (Phi) is 9.32. The number of aryl methyl sites for hydroxylation is 2. The van der Waals surface area contributed by atoms with E-state index >= 15 is 4.39 Å². The predicted molar refractivity (Wildman–Crippen MR) is 137 cm³/mol. The topological polar surface area (TPSA) is 88.5 Å². The highest BCUT2D eigenvalue weighted by Gasteiger charge is 2.34. The molecular formula is C28H36F2N2O6. The molecular weight excluding hydrogens is 498 g/mol. The van der Waals surface area contributed by atoms with E-state index in [1.54, 1.807) is 57.7 Å². The van der Waals surface area contributed by atoms with E-state index < -0.39 is 42.5 Å². The number of carbonyl (C=O) groups is 2. The number of ether oxygens (including phenoxy) is 3. The minimum Gasteiger partial charge on any atom is -0.484 e. The number of halogens is 2. The summed E-state index contributed by atoms with van der Waals surface area (Å²) in [6.45, 7) is 8.68. The lowest BCUT2D eigenvalue weighted by atomic mass is 10.0. The molecule has 38 heavy (non-hydrogen) atoms. The van der Waals surface area contributed by atoms with Gasteiger partial charge in [0.05, 0.1) is 19.3 Å². The predicted octanol–water partition coefficient (Wildman–Crippen LogP) is 4.69. The lowest BCUT2D eigenvalue weighted by Gasteiger charge is -2.39. The van der Waals surface area contributed by atoms with Crippen LogP contribution < -0.4 is 4.74 Å². The number of esters is 1. The third-order valence-electron chi connectivity index (χ3n) is 6.28. The van der Waals surface area contributed by atoms with Crippen LogP contribution in [0.2, 0.25) is 0 Å². The summed E-state index contributed by atoms with van der Waals surface area (Å²) < 4.78 is 46.0. The zero-order chi connectivity index (χ0) is 28.2. The van der Waals surface area contributed by atoms with Crippen molar-refractivity contribution in [3.05, 3.63) is 64.0 Å². The van der Waals surface area contributed by atoms with E-state index in [2.05, 4.69) is 0 Å². The van der Waals surface area contributed by atoms with Gasteiger partial charge in [-0.2, -0.15) is 0 Å². The van der Waals surface area contributed by atoms with Gasteiger partial charge in [0, 0.05) is 31.7 Å². The van der Waals surface area contributed by atoms with E-state index in [-0.39, 0.29) is 19.6 Å². The quantitative estimate of drug-likeness (QED) is 0.407. The van der Waals surface area contributed by atoms with Crippen molar-refractivity contribution in [3.8, 4) is 5.75 Å². The van der Waals surface area contributed by atoms with E-state index in [9.17, 15) is 19.1 Å². The molecule has 1 amide bonds. The number of hydrogen-bond donors (Lipinski definition) is 1. The van der Waals surface area contributed by atoms with Crippen LogP contribution in [0.3, 0.4) is 0 Å². The molecule has 1 aliphatic rings. The Hall–Kier alpha value is -3.24. The second-order valence-corrected chi connectivity index (χ2v) is 10.4. The van der Waals surface area contributed by atoms with Crippen molar-refractivity contribution < 1.29 is 37.7 Å². The lowest BCUT2D eigenvalue weighted by molar-refractivity contribution is -0.0368. The second kappa shape index (κ2) is 12.1. The van der Waals surface area contributed by atoms with Crippen molar-refractivity contribution in [1.29, 1.82) is 0 Å². The molecule has 10 heteroatoms. The SMILES string of the molecule is COC(=O)c1cc(CO)c(O[C@H](CN2CCN(C(=O)OC(C)(C)C)[C@H](F)C2)c2ccc(C)c(F)c2)cc1C. The highest BCUT2D eigenvalue weighted by atomic mass is 19.1. The smallest absolute Gasteiger partial charge is 0.412 e. The number of carbonyl (C=O) groups excluding carboxylic acids is 2. The fourth-order valence-electron chi connectivity index (χ4n) is 4.18. The van der Waals surface area contributed by atoms with Gasteiger partial charge in [-0.3, -0.25) is 9.80 Å². The van der Waals surface area contributed by atoms with Crippen molar-refractivity contribution in [2.45, 2.75) is 59.2 Å². The molecule has 0 bridgehead atoms. The van der Waals surface area contributed by atoms with Crippen LogP contribution in [-0.2, 0) is 16.1 Å². The fraction of sp³-hybridized carbons (Fsp3) is 0.500. The van der Waals surface area contributed by atoms with Gasteiger partial charge in [-0.1, -0.05) is 12.1 Å². The number of aliphatic hydroxyl groups is 1. The molecule has 2 aromatic rings. The van der Waals surface area contributed by atoms with Crippen molar-refractivity contribution in [3.63, 3.8) is 0 Å². The maximum absolute atomic E-state index is 15.1. The van der Waals surface area contributed by atoms with Gasteiger partial charge in [0.25, 0.3) is 0 Å². The Morgan fingerprint density at radius 2 is 1.84 bits per heavy atom. The number of alkyl halides is 1. The number of aliphatic hydroxyl groups excluding tert-OH is 1. The van der Waals surface area contributed by atoms with Gasteiger partial charge < -0.3 is 19.3 Å². The molecule has 1 fully saturated rings. The van der Waals surface area contributed by atoms with E-state index in [0.717, 1.165) is 4.90 Å². The van der Waals surface area contributed by atoms with Crippen molar-refractivity contribution in [1.82, 2.24) is 9.80 Å². The zero-order valence-electron chi connectivity index (χ0n) is 22.7. The van der Waals surface area contributed by atoms with Crippen LogP contribution >= 0.6 is 0 Å². The van der Waals surface area contributed by atoms with Crippen LogP contribution in [0.15, 0.2) is 30.3 Å². The summed E-state index contributed by atoms with van der Waals surface area (Å²) in [5, 5.41) is 9.97. The Morgan fingerprint density at radius 3 is 2.42 bits per heavy atom. The summed E-state index contributed by atoms with van der Waals surface area (Å²) in [5.74, 6) is -0.639. The van der Waals surface area contributed by atoms with Crippen LogP contribution in [-0.4, -0.2) is 72.2 Å². The average molecular weight is 535 g/mol. The van der Waals surface area contributed by atoms with E-state index in [1.807, 2.05) is 0 Å². The number of benzene rings is 2. The Bertz CT molecular complexity index is 1170. The number of amides is 1. The minimum absolute atomic E-state index is 0.0827. The normalized spacial score (nSPS) is 17.2. The van der Waals surface area contributed by atoms with Gasteiger partial charge >= 0.3 is 12.1 Å². The molecule has 1 saturated heterocycles. The van der Waals surface area contributed by atoms with Gasteiger partial charge in [-0.15, -0.1) is 0 Å². The summed E-state index contributed by atoms with van der Waals surface area (Å²) in [4.78, 5) is 27.4. The molecule has 0 unspecified atom stereocenters. The summed E-state index contributed by atoms with van der Waals surface area (Å²) in [7, 11) is 1.27. The number of nitrogens with zero attached hydrogens (tertiary/aromatic N) is 2. The Labute approximate surface area is 222 Å². The minimum atomic E-state index is -1.59. The first kappa shape index (κ1) is 29.3. The second-order valence-electron chi connectivity index (χ2n) is 10.4. The Balaban J connectivity index is 1.86. The molecule has 0 aliphatic carbocycles. The third-order valence-corrected chi connectivity index (χ3v) is 6.28. The number of methoxy groups -OCH3 is 1. The molecule has 8 nitrogen and oxygen atoms in total. The number of rotatable bonds is 7. The molecule has 2 atom stereocenters. The monoisotopic (exact) mass is 534 g/mol. The summed E-state index contributed by atoms with van der Waals surface area (Å²) in [6.07, 6.45) is -3.05. The first-order chi connectivity index (χ1) is 17.8. The van der Waals surface area contributed by atoms with Crippen molar-refractivity contribution >= 4 is 12.1 Å². The molecule has 1 heterocycles. The molecule has 208 valence electrons. The summed E-state index contributed by atoms with van der Waals surface area (Å²) in [6, 6.07) is 7.87. The van der Waals surface area contributed by atoms with Crippen LogP contribution in [0.25, 0.3) is 0 Å². The highest BCUT2D eigenvalue weighted by molar-refractivity contribution is 5.91. The molecule has 0 aromatic heterocycles. The third kappa shape index (κ3) is 7.20. The highest BCUT2D eigenvalue weighted by Crippen LogP contribution is 2.31. The van der Waals surface area contributed by atoms with E-state index in [4.69, 9.17) is 14.2 Å². The number of piperazine rings is 1. The average Bonchev–Trinajstić information content (AvgIpc) is 2.84. The van der Waals surface area contributed by atoms with Gasteiger partial charge in [0.2, 0.25) is 0 Å². The van der Waals surface area contributed by atoms with Crippen molar-refractivity contribution in [2.24, 2.45) is 0 Å². The zero-order valence-corrected chi connectivity index (χ0v) is 22.7. The van der Waals surface area contributed by atoms with Gasteiger partial charge in [0.1, 0.15) is 23.3 Å². The molecule has 1 N–H and O–H groups in total. The number of hydrogen-bond acceptors (Lipinski definition) is 7. The molecule has 1 aliphatic heterocycles. The van der Waals surface area contributed by atoms with Gasteiger partial charge in [-0.25, -0.2) is 18.4 Å². The molecule has 2 aromatic carbocycles. The molecule has 3 rings (SSSR count). The lowest BCUT2D eigenvalue weighted by Crippen LogP contribution is -2.55. The van der Waals surface area contributed by atoms with Crippen LogP contribution in [0, 0.1) is 19.7 Å². The first-order valence-corrected chi connectivity index (χ1v) is 12.4. The Morgan fingerprint density at radius 1 is 1.13 bits per heavy atom. The first-order valence-electron chi connectivity index (χ1n) is 12.4. The van der Waals surface area contributed by atoms with Crippen LogP contribution in [0.5, 0.6) is 5.75 Å². The van der Waals surface area contributed by atoms with Gasteiger partial charge in [-0.05, 0) is 69.5 Å². The maximum atomic E-state index is 15.1. The van der Waals surface area contributed by atoms with Crippen LogP contribution in [0.1, 0.15) is 59.5 Å². The van der Waals surface area contributed by atoms with Gasteiger partial charge in [0.15, 0.2) is 6.30 Å². The molecule has 0 spiro atoms. The summed E-state index contributed by atoms with van der Waals surface area (Å²) in [5.41, 5.74) is 1.47. The maximum Gasteiger partial charge on any atom is 0.412 e. The van der Waals surface area contributed by atoms with E-state index in [1.165, 1.54) is 19.2 Å². The molecule has 0 radical (unpaired) electrons. The molecule has 0 saturated carbocycles. The summed E-state index contributed by atoms with van der Waals surface area (Å²) >= 11 is 0.